The summed E-state index contributed by atoms with van der Waals surface area (Å²) in [6.07, 6.45) is 1.60. The van der Waals surface area contributed by atoms with Gasteiger partial charge in [0.25, 0.3) is 0 Å². The van der Waals surface area contributed by atoms with Gasteiger partial charge in [-0.1, -0.05) is 29.3 Å². The Morgan fingerprint density at radius 2 is 1.85 bits per heavy atom. The molecule has 2 rings (SSSR count). The molecular formula is C15H9Cl2FN2. The number of nitriles is 1. The summed E-state index contributed by atoms with van der Waals surface area (Å²) in [5.41, 5.74) is 1.58. The van der Waals surface area contributed by atoms with Crippen molar-refractivity contribution in [2.75, 3.05) is 5.32 Å². The maximum atomic E-state index is 12.8. The first kappa shape index (κ1) is 14.4. The molecule has 0 heterocycles. The zero-order valence-corrected chi connectivity index (χ0v) is 11.7. The van der Waals surface area contributed by atoms with Gasteiger partial charge in [-0.3, -0.25) is 0 Å². The van der Waals surface area contributed by atoms with E-state index in [0.29, 0.717) is 27.0 Å². The third-order valence-corrected chi connectivity index (χ3v) is 3.07. The van der Waals surface area contributed by atoms with Crippen LogP contribution < -0.4 is 5.32 Å². The Hall–Kier alpha value is -2.02. The fourth-order valence-corrected chi connectivity index (χ4v) is 2.02. The summed E-state index contributed by atoms with van der Waals surface area (Å²) < 4.78 is 12.8. The molecule has 0 aliphatic carbocycles. The third kappa shape index (κ3) is 3.74. The Morgan fingerprint density at radius 3 is 2.45 bits per heavy atom. The predicted octanol–water partition coefficient (Wildman–Crippen LogP) is 5.11. The lowest BCUT2D eigenvalue weighted by molar-refractivity contribution is 0.628. The lowest BCUT2D eigenvalue weighted by Crippen LogP contribution is -1.97. The van der Waals surface area contributed by atoms with Gasteiger partial charge < -0.3 is 5.32 Å². The van der Waals surface area contributed by atoms with E-state index < -0.39 is 0 Å². The monoisotopic (exact) mass is 306 g/mol. The van der Waals surface area contributed by atoms with Crippen LogP contribution in [0.25, 0.3) is 6.08 Å². The molecule has 20 heavy (non-hydrogen) atoms. The van der Waals surface area contributed by atoms with E-state index in [0.717, 1.165) is 0 Å². The Balaban J connectivity index is 2.26. The van der Waals surface area contributed by atoms with Gasteiger partial charge >= 0.3 is 0 Å². The first-order valence-corrected chi connectivity index (χ1v) is 6.43. The molecule has 0 fully saturated rings. The SMILES string of the molecule is N#C/C(=C\c1ccc(Cl)cc1Cl)Nc1ccc(F)cc1. The van der Waals surface area contributed by atoms with Crippen LogP contribution in [0, 0.1) is 17.1 Å². The molecule has 0 bridgehead atoms. The van der Waals surface area contributed by atoms with Gasteiger partial charge in [0, 0.05) is 15.7 Å². The zero-order chi connectivity index (χ0) is 14.5. The summed E-state index contributed by atoms with van der Waals surface area (Å²) in [6, 6.07) is 12.7. The summed E-state index contributed by atoms with van der Waals surface area (Å²) in [4.78, 5) is 0. The highest BCUT2D eigenvalue weighted by Crippen LogP contribution is 2.23. The normalized spacial score (nSPS) is 11.0. The zero-order valence-electron chi connectivity index (χ0n) is 10.2. The molecule has 1 N–H and O–H groups in total. The van der Waals surface area contributed by atoms with Crippen molar-refractivity contribution in [3.05, 3.63) is 69.6 Å². The topological polar surface area (TPSA) is 35.8 Å². The largest absolute Gasteiger partial charge is 0.347 e. The van der Waals surface area contributed by atoms with Crippen molar-refractivity contribution in [1.82, 2.24) is 0 Å². The van der Waals surface area contributed by atoms with Crippen molar-refractivity contribution >= 4 is 35.0 Å². The number of benzene rings is 2. The second-order valence-corrected chi connectivity index (χ2v) is 4.81. The number of hydrogen-bond donors (Lipinski definition) is 1. The Kier molecular flexibility index (Phi) is 4.62. The van der Waals surface area contributed by atoms with Gasteiger partial charge in [0.1, 0.15) is 17.6 Å². The maximum absolute atomic E-state index is 12.8. The van der Waals surface area contributed by atoms with E-state index in [1.54, 1.807) is 36.4 Å². The molecule has 2 aromatic carbocycles. The van der Waals surface area contributed by atoms with Crippen LogP contribution in [0.4, 0.5) is 10.1 Å². The molecule has 100 valence electrons. The number of nitrogens with one attached hydrogen (secondary N) is 1. The minimum absolute atomic E-state index is 0.292. The van der Waals surface area contributed by atoms with E-state index in [1.165, 1.54) is 12.1 Å². The molecule has 5 heteroatoms. The molecule has 0 amide bonds. The van der Waals surface area contributed by atoms with Crippen LogP contribution in [0.1, 0.15) is 5.56 Å². The molecule has 2 nitrogen and oxygen atoms in total. The smallest absolute Gasteiger partial charge is 0.123 e. The first-order valence-electron chi connectivity index (χ1n) is 5.68. The number of allylic oxidation sites excluding steroid dienone is 1. The standard InChI is InChI=1S/C15H9Cl2FN2/c16-11-2-1-10(15(17)8-11)7-14(9-19)20-13-5-3-12(18)4-6-13/h1-8,20H/b14-7+. The second-order valence-electron chi connectivity index (χ2n) is 3.97. The fraction of sp³-hybridized carbons (Fsp3) is 0. The van der Waals surface area contributed by atoms with Gasteiger partial charge in [-0.15, -0.1) is 0 Å². The van der Waals surface area contributed by atoms with Crippen molar-refractivity contribution in [3.8, 4) is 6.07 Å². The molecule has 0 spiro atoms. The van der Waals surface area contributed by atoms with E-state index in [9.17, 15) is 4.39 Å². The van der Waals surface area contributed by atoms with Crippen LogP contribution in [-0.4, -0.2) is 0 Å². The molecule has 0 saturated heterocycles. The van der Waals surface area contributed by atoms with Gasteiger partial charge in [-0.2, -0.15) is 5.26 Å². The molecule has 0 saturated carbocycles. The minimum Gasteiger partial charge on any atom is -0.347 e. The lowest BCUT2D eigenvalue weighted by Gasteiger charge is -2.05. The van der Waals surface area contributed by atoms with Crippen molar-refractivity contribution in [3.63, 3.8) is 0 Å². The molecule has 0 radical (unpaired) electrons. The molecule has 0 aromatic heterocycles. The van der Waals surface area contributed by atoms with E-state index in [-0.39, 0.29) is 5.82 Å². The molecule has 0 aliphatic heterocycles. The van der Waals surface area contributed by atoms with Gasteiger partial charge in [-0.25, -0.2) is 4.39 Å². The Labute approximate surface area is 126 Å². The summed E-state index contributed by atoms with van der Waals surface area (Å²) in [5.74, 6) is -0.334. The van der Waals surface area contributed by atoms with Crippen molar-refractivity contribution < 1.29 is 4.39 Å². The van der Waals surface area contributed by atoms with Crippen molar-refractivity contribution in [2.45, 2.75) is 0 Å². The van der Waals surface area contributed by atoms with Crippen LogP contribution in [0.3, 0.4) is 0 Å². The number of rotatable bonds is 3. The second kappa shape index (κ2) is 6.42. The minimum atomic E-state index is -0.334. The Bertz CT molecular complexity index is 688. The molecule has 0 unspecified atom stereocenters. The summed E-state index contributed by atoms with van der Waals surface area (Å²) >= 11 is 11.8. The van der Waals surface area contributed by atoms with Crippen LogP contribution >= 0.6 is 23.2 Å². The highest BCUT2D eigenvalue weighted by atomic mass is 35.5. The summed E-state index contributed by atoms with van der Waals surface area (Å²) in [6.45, 7) is 0. The van der Waals surface area contributed by atoms with Crippen LogP contribution in [0.2, 0.25) is 10.0 Å². The number of halogens is 3. The average molecular weight is 307 g/mol. The fourth-order valence-electron chi connectivity index (χ4n) is 1.56. The number of hydrogen-bond acceptors (Lipinski definition) is 2. The highest BCUT2D eigenvalue weighted by Gasteiger charge is 2.02. The van der Waals surface area contributed by atoms with Crippen molar-refractivity contribution in [2.24, 2.45) is 0 Å². The van der Waals surface area contributed by atoms with Gasteiger partial charge in [0.15, 0.2) is 0 Å². The number of nitrogens with zero attached hydrogens (tertiary/aromatic N) is 1. The summed E-state index contributed by atoms with van der Waals surface area (Å²) in [5, 5.41) is 13.0. The van der Waals surface area contributed by atoms with Crippen LogP contribution in [0.5, 0.6) is 0 Å². The van der Waals surface area contributed by atoms with Gasteiger partial charge in [0.05, 0.1) is 0 Å². The Morgan fingerprint density at radius 1 is 1.15 bits per heavy atom. The molecule has 0 aliphatic rings. The average Bonchev–Trinajstić information content (AvgIpc) is 2.43. The third-order valence-electron chi connectivity index (χ3n) is 2.51. The van der Waals surface area contributed by atoms with E-state index in [4.69, 9.17) is 28.5 Å². The van der Waals surface area contributed by atoms with Crippen molar-refractivity contribution in [1.29, 1.82) is 5.26 Å². The maximum Gasteiger partial charge on any atom is 0.123 e. The highest BCUT2D eigenvalue weighted by molar-refractivity contribution is 6.35. The lowest BCUT2D eigenvalue weighted by atomic mass is 10.2. The predicted molar refractivity (Wildman–Crippen MR) is 80.1 cm³/mol. The number of anilines is 1. The molecule has 0 atom stereocenters. The molecular weight excluding hydrogens is 298 g/mol. The van der Waals surface area contributed by atoms with Gasteiger partial charge in [-0.05, 0) is 48.0 Å². The summed E-state index contributed by atoms with van der Waals surface area (Å²) in [7, 11) is 0. The van der Waals surface area contributed by atoms with Crippen LogP contribution in [-0.2, 0) is 0 Å². The van der Waals surface area contributed by atoms with E-state index in [2.05, 4.69) is 5.32 Å². The van der Waals surface area contributed by atoms with Crippen LogP contribution in [0.15, 0.2) is 48.2 Å². The molecule has 2 aromatic rings. The van der Waals surface area contributed by atoms with E-state index in [1.807, 2.05) is 6.07 Å². The quantitative estimate of drug-likeness (QED) is 0.800. The van der Waals surface area contributed by atoms with Gasteiger partial charge in [0.2, 0.25) is 0 Å². The van der Waals surface area contributed by atoms with E-state index >= 15 is 0 Å². The first-order chi connectivity index (χ1) is 9.58.